The van der Waals surface area contributed by atoms with Gasteiger partial charge in [-0.25, -0.2) is 9.88 Å². The molecule has 194 valence electrons. The average molecular weight is 546 g/mol. The van der Waals surface area contributed by atoms with Crippen molar-refractivity contribution in [3.63, 3.8) is 0 Å². The minimum absolute atomic E-state index is 0.0332. The Labute approximate surface area is 230 Å². The van der Waals surface area contributed by atoms with Gasteiger partial charge < -0.3 is 4.90 Å². The van der Waals surface area contributed by atoms with Gasteiger partial charge in [0.2, 0.25) is 11.8 Å². The van der Waals surface area contributed by atoms with Crippen molar-refractivity contribution >= 4 is 56.6 Å². The summed E-state index contributed by atoms with van der Waals surface area (Å²) < 4.78 is 1.12. The molecule has 0 saturated carbocycles. The molecule has 4 aromatic rings. The van der Waals surface area contributed by atoms with Gasteiger partial charge >= 0.3 is 0 Å². The first kappa shape index (κ1) is 26.1. The largest absolute Gasteiger partial charge is 0.327 e. The zero-order chi connectivity index (χ0) is 27.0. The van der Waals surface area contributed by atoms with Crippen LogP contribution in [0.15, 0.2) is 66.7 Å². The molecule has 38 heavy (non-hydrogen) atoms. The lowest BCUT2D eigenvalue weighted by Crippen LogP contribution is -2.50. The Morgan fingerprint density at radius 2 is 1.82 bits per heavy atom. The molecule has 3 amide bonds. The number of aryl methyl sites for hydroxylation is 1. The molecule has 6 nitrogen and oxygen atoms in total. The third-order valence-corrected chi connectivity index (χ3v) is 8.32. The predicted octanol–water partition coefficient (Wildman–Crippen LogP) is 6.43. The molecule has 1 fully saturated rings. The number of thiazole rings is 1. The van der Waals surface area contributed by atoms with E-state index in [0.717, 1.165) is 26.4 Å². The molecule has 0 radical (unpaired) electrons. The summed E-state index contributed by atoms with van der Waals surface area (Å²) in [6.07, 6.45) is 0.769. The highest BCUT2D eigenvalue weighted by molar-refractivity contribution is 7.21. The van der Waals surface area contributed by atoms with Gasteiger partial charge in [-0.15, -0.1) is 11.3 Å². The van der Waals surface area contributed by atoms with Crippen molar-refractivity contribution in [1.82, 2.24) is 9.88 Å². The van der Waals surface area contributed by atoms with Crippen LogP contribution in [0.1, 0.15) is 37.8 Å². The molecule has 2 heterocycles. The van der Waals surface area contributed by atoms with E-state index in [0.29, 0.717) is 17.1 Å². The van der Waals surface area contributed by atoms with Crippen molar-refractivity contribution in [2.24, 2.45) is 0 Å². The lowest BCUT2D eigenvalue weighted by molar-refractivity contribution is -0.140. The number of halogens is 1. The van der Waals surface area contributed by atoms with Crippen LogP contribution in [0.25, 0.3) is 20.8 Å². The zero-order valence-electron chi connectivity index (χ0n) is 21.5. The first-order valence-corrected chi connectivity index (χ1v) is 13.8. The summed E-state index contributed by atoms with van der Waals surface area (Å²) in [5, 5.41) is 1.47. The fourth-order valence-electron chi connectivity index (χ4n) is 4.80. The van der Waals surface area contributed by atoms with Crippen LogP contribution >= 0.6 is 22.9 Å². The summed E-state index contributed by atoms with van der Waals surface area (Å²) in [5.74, 6) is -0.866. The number of fused-ring (bicyclic) bond motifs is 1. The van der Waals surface area contributed by atoms with Crippen LogP contribution in [0, 0.1) is 6.92 Å². The SMILES string of the molecule is CCC(C)N(C(=O)Cc1ccc(Cl)cc1)C1CC(=O)N(c2ccc(-c3nc4ccc(C)cc4s3)cc2)C1=O. The lowest BCUT2D eigenvalue weighted by atomic mass is 10.1. The summed E-state index contributed by atoms with van der Waals surface area (Å²) in [7, 11) is 0. The number of imide groups is 1. The van der Waals surface area contributed by atoms with E-state index in [-0.39, 0.29) is 36.6 Å². The average Bonchev–Trinajstić information content (AvgIpc) is 3.45. The van der Waals surface area contributed by atoms with Crippen LogP contribution in [0.2, 0.25) is 5.02 Å². The van der Waals surface area contributed by atoms with Crippen molar-refractivity contribution < 1.29 is 14.4 Å². The van der Waals surface area contributed by atoms with E-state index in [1.54, 1.807) is 52.6 Å². The Balaban J connectivity index is 1.37. The van der Waals surface area contributed by atoms with Crippen molar-refractivity contribution in [1.29, 1.82) is 0 Å². The third kappa shape index (κ3) is 5.08. The highest BCUT2D eigenvalue weighted by Gasteiger charge is 2.45. The van der Waals surface area contributed by atoms with Crippen LogP contribution in [0.4, 0.5) is 5.69 Å². The number of aromatic nitrogens is 1. The van der Waals surface area contributed by atoms with Gasteiger partial charge in [0, 0.05) is 16.6 Å². The van der Waals surface area contributed by atoms with Crippen LogP contribution in [0.5, 0.6) is 0 Å². The Morgan fingerprint density at radius 1 is 1.11 bits per heavy atom. The monoisotopic (exact) mass is 545 g/mol. The molecule has 1 aliphatic heterocycles. The highest BCUT2D eigenvalue weighted by atomic mass is 35.5. The molecule has 2 atom stereocenters. The molecule has 1 aromatic heterocycles. The summed E-state index contributed by atoms with van der Waals surface area (Å²) in [4.78, 5) is 47.5. The Bertz CT molecular complexity index is 1510. The molecule has 0 bridgehead atoms. The lowest BCUT2D eigenvalue weighted by Gasteiger charge is -2.33. The fraction of sp³-hybridized carbons (Fsp3) is 0.267. The second-order valence-corrected chi connectivity index (χ2v) is 11.2. The quantitative estimate of drug-likeness (QED) is 0.251. The van der Waals surface area contributed by atoms with Gasteiger partial charge in [-0.1, -0.05) is 36.7 Å². The molecule has 0 spiro atoms. The normalized spacial score (nSPS) is 16.3. The molecule has 8 heteroatoms. The van der Waals surface area contributed by atoms with Crippen molar-refractivity contribution in [3.05, 3.63) is 82.9 Å². The van der Waals surface area contributed by atoms with E-state index in [4.69, 9.17) is 16.6 Å². The smallest absolute Gasteiger partial charge is 0.257 e. The van der Waals surface area contributed by atoms with Gasteiger partial charge in [0.05, 0.1) is 28.7 Å². The number of rotatable bonds is 7. The second kappa shape index (κ2) is 10.7. The summed E-state index contributed by atoms with van der Waals surface area (Å²) >= 11 is 7.59. The first-order chi connectivity index (χ1) is 18.2. The fourth-order valence-corrected chi connectivity index (χ4v) is 6.00. The molecule has 0 aliphatic carbocycles. The van der Waals surface area contributed by atoms with Crippen molar-refractivity contribution in [2.75, 3.05) is 4.90 Å². The van der Waals surface area contributed by atoms with Gasteiger partial charge in [0.15, 0.2) is 0 Å². The number of hydrogen-bond donors (Lipinski definition) is 0. The van der Waals surface area contributed by atoms with E-state index in [1.165, 1.54) is 10.5 Å². The van der Waals surface area contributed by atoms with E-state index in [9.17, 15) is 14.4 Å². The number of carbonyl (C=O) groups excluding carboxylic acids is 3. The first-order valence-electron chi connectivity index (χ1n) is 12.6. The summed E-state index contributed by atoms with van der Waals surface area (Å²) in [6, 6.07) is 19.5. The standard InChI is InChI=1S/C30H28ClN3O3S/c1-4-19(3)33(27(35)16-20-6-10-22(31)11-7-20)25-17-28(36)34(30(25)37)23-12-8-21(9-13-23)29-32-24-14-5-18(2)15-26(24)38-29/h5-15,19,25H,4,16-17H2,1-3H3. The molecular weight excluding hydrogens is 518 g/mol. The van der Waals surface area contributed by atoms with Gasteiger partial charge in [0.25, 0.3) is 5.91 Å². The van der Waals surface area contributed by atoms with Crippen LogP contribution in [0.3, 0.4) is 0 Å². The number of amides is 3. The number of benzene rings is 3. The van der Waals surface area contributed by atoms with Crippen LogP contribution < -0.4 is 4.90 Å². The molecule has 0 N–H and O–H groups in total. The molecule has 1 aliphatic rings. The maximum atomic E-state index is 13.6. The van der Waals surface area contributed by atoms with Crippen molar-refractivity contribution in [3.8, 4) is 10.6 Å². The molecular formula is C30H28ClN3O3S. The molecule has 3 aromatic carbocycles. The number of carbonyl (C=O) groups is 3. The summed E-state index contributed by atoms with van der Waals surface area (Å²) in [5.41, 5.74) is 4.35. The van der Waals surface area contributed by atoms with Gasteiger partial charge in [0.1, 0.15) is 11.0 Å². The number of hydrogen-bond acceptors (Lipinski definition) is 5. The molecule has 2 unspecified atom stereocenters. The molecule has 1 saturated heterocycles. The van der Waals surface area contributed by atoms with E-state index < -0.39 is 6.04 Å². The topological polar surface area (TPSA) is 70.6 Å². The maximum Gasteiger partial charge on any atom is 0.257 e. The van der Waals surface area contributed by atoms with Gasteiger partial charge in [-0.3, -0.25) is 14.4 Å². The maximum absolute atomic E-state index is 13.6. The van der Waals surface area contributed by atoms with Crippen LogP contribution in [-0.4, -0.2) is 39.7 Å². The van der Waals surface area contributed by atoms with Gasteiger partial charge in [-0.05, 0) is 79.9 Å². The zero-order valence-corrected chi connectivity index (χ0v) is 23.1. The Hall–Kier alpha value is -3.55. The Morgan fingerprint density at radius 3 is 2.50 bits per heavy atom. The van der Waals surface area contributed by atoms with E-state index >= 15 is 0 Å². The van der Waals surface area contributed by atoms with E-state index in [1.807, 2.05) is 38.1 Å². The van der Waals surface area contributed by atoms with Crippen LogP contribution in [-0.2, 0) is 20.8 Å². The minimum atomic E-state index is -0.829. The van der Waals surface area contributed by atoms with E-state index in [2.05, 4.69) is 13.0 Å². The minimum Gasteiger partial charge on any atom is -0.327 e. The Kier molecular flexibility index (Phi) is 7.32. The van der Waals surface area contributed by atoms with Crippen molar-refractivity contribution in [2.45, 2.75) is 52.1 Å². The third-order valence-electron chi connectivity index (χ3n) is 7.00. The summed E-state index contributed by atoms with van der Waals surface area (Å²) in [6.45, 7) is 5.93. The number of anilines is 1. The predicted molar refractivity (Wildman–Crippen MR) is 152 cm³/mol. The highest BCUT2D eigenvalue weighted by Crippen LogP contribution is 2.33. The van der Waals surface area contributed by atoms with Gasteiger partial charge in [-0.2, -0.15) is 0 Å². The second-order valence-electron chi connectivity index (χ2n) is 9.69. The number of nitrogens with zero attached hydrogens (tertiary/aromatic N) is 3. The molecule has 5 rings (SSSR count).